The number of hydrogen-bond acceptors (Lipinski definition) is 4. The molecule has 1 aliphatic carbocycles. The van der Waals surface area contributed by atoms with Gasteiger partial charge in [0.15, 0.2) is 0 Å². The Morgan fingerprint density at radius 2 is 2.08 bits per heavy atom. The average molecular weight is 345 g/mol. The maximum Gasteiger partial charge on any atom is 0.263 e. The quantitative estimate of drug-likeness (QED) is 0.853. The number of likely N-dealkylation sites (tertiary alicyclic amines) is 1. The van der Waals surface area contributed by atoms with E-state index in [1.54, 1.807) is 30.3 Å². The summed E-state index contributed by atoms with van der Waals surface area (Å²) in [5.74, 6) is -0.441. The average Bonchev–Trinajstić information content (AvgIpc) is 2.87. The first-order chi connectivity index (χ1) is 12.0. The van der Waals surface area contributed by atoms with E-state index in [0.717, 1.165) is 12.8 Å². The predicted molar refractivity (Wildman–Crippen MR) is 90.1 cm³/mol. The fourth-order valence-electron chi connectivity index (χ4n) is 3.89. The lowest BCUT2D eigenvalue weighted by Crippen LogP contribution is -2.50. The van der Waals surface area contributed by atoms with Crippen molar-refractivity contribution >= 4 is 11.8 Å². The molecule has 3 unspecified atom stereocenters. The lowest BCUT2D eigenvalue weighted by atomic mass is 9.91. The second-order valence-corrected chi connectivity index (χ2v) is 7.32. The van der Waals surface area contributed by atoms with E-state index >= 15 is 0 Å². The maximum atomic E-state index is 12.8. The molecule has 25 heavy (non-hydrogen) atoms. The molecule has 2 amide bonds. The third-order valence-electron chi connectivity index (χ3n) is 5.59. The van der Waals surface area contributed by atoms with E-state index < -0.39 is 0 Å². The zero-order valence-corrected chi connectivity index (χ0v) is 14.3. The van der Waals surface area contributed by atoms with E-state index in [1.807, 2.05) is 0 Å². The summed E-state index contributed by atoms with van der Waals surface area (Å²) in [4.78, 5) is 39.1. The van der Waals surface area contributed by atoms with Crippen molar-refractivity contribution in [2.24, 2.45) is 13.0 Å². The summed E-state index contributed by atoms with van der Waals surface area (Å²) in [5, 5.41) is 3.09. The number of aromatic nitrogens is 1. The number of carbonyl (C=O) groups excluding carboxylic acids is 2. The number of hydrogen-bond donors (Lipinski definition) is 1. The molecule has 0 spiro atoms. The van der Waals surface area contributed by atoms with Crippen LogP contribution in [0, 0.1) is 5.92 Å². The monoisotopic (exact) mass is 345 g/mol. The second-order valence-electron chi connectivity index (χ2n) is 7.32. The Morgan fingerprint density at radius 3 is 2.80 bits per heavy atom. The lowest BCUT2D eigenvalue weighted by Gasteiger charge is -2.33. The Bertz CT molecular complexity index is 755. The second kappa shape index (κ2) is 6.29. The highest BCUT2D eigenvalue weighted by molar-refractivity contribution is 5.94. The molecule has 7 heteroatoms. The number of amides is 2. The first-order valence-corrected chi connectivity index (χ1v) is 8.93. The molecule has 3 atom stereocenters. The van der Waals surface area contributed by atoms with Crippen LogP contribution in [0.2, 0.25) is 0 Å². The molecule has 3 heterocycles. The molecule has 1 aromatic heterocycles. The zero-order chi connectivity index (χ0) is 17.6. The Hall–Kier alpha value is -2.15. The zero-order valence-electron chi connectivity index (χ0n) is 14.3. The molecular weight excluding hydrogens is 322 g/mol. The van der Waals surface area contributed by atoms with Crippen LogP contribution in [0.5, 0.6) is 0 Å². The number of nitrogens with one attached hydrogen (secondary N) is 1. The molecule has 1 N–H and O–H groups in total. The van der Waals surface area contributed by atoms with Gasteiger partial charge in [0.05, 0.1) is 18.1 Å². The van der Waals surface area contributed by atoms with Crippen LogP contribution >= 0.6 is 0 Å². The first-order valence-electron chi connectivity index (χ1n) is 8.93. The van der Waals surface area contributed by atoms with Gasteiger partial charge in [0, 0.05) is 32.4 Å². The summed E-state index contributed by atoms with van der Waals surface area (Å²) in [6.45, 7) is 0.788. The minimum absolute atomic E-state index is 0.0436. The van der Waals surface area contributed by atoms with Crippen LogP contribution in [0.15, 0.2) is 23.1 Å². The third kappa shape index (κ3) is 2.97. The van der Waals surface area contributed by atoms with Crippen molar-refractivity contribution < 1.29 is 14.3 Å². The molecule has 3 aliphatic rings. The van der Waals surface area contributed by atoms with Crippen molar-refractivity contribution in [3.8, 4) is 0 Å². The fraction of sp³-hybridized carbons (Fsp3) is 0.611. The molecule has 4 rings (SSSR count). The molecular formula is C18H23N3O4. The smallest absolute Gasteiger partial charge is 0.263 e. The summed E-state index contributed by atoms with van der Waals surface area (Å²) >= 11 is 0. The minimum atomic E-state index is -0.300. The summed E-state index contributed by atoms with van der Waals surface area (Å²) in [6, 6.07) is 3.56. The number of ether oxygens (including phenoxy) is 1. The number of morpholine rings is 1. The predicted octanol–water partition coefficient (Wildman–Crippen LogP) is 0.284. The highest BCUT2D eigenvalue weighted by Crippen LogP contribution is 2.33. The molecule has 3 fully saturated rings. The van der Waals surface area contributed by atoms with Gasteiger partial charge in [-0.1, -0.05) is 0 Å². The summed E-state index contributed by atoms with van der Waals surface area (Å²) in [5.41, 5.74) is -0.132. The van der Waals surface area contributed by atoms with Crippen LogP contribution in [0.4, 0.5) is 0 Å². The number of nitrogens with zero attached hydrogens (tertiary/aromatic N) is 2. The van der Waals surface area contributed by atoms with E-state index in [1.165, 1.54) is 11.0 Å². The van der Waals surface area contributed by atoms with Gasteiger partial charge in [-0.25, -0.2) is 0 Å². The van der Waals surface area contributed by atoms with Crippen molar-refractivity contribution in [3.63, 3.8) is 0 Å². The molecule has 2 saturated heterocycles. The van der Waals surface area contributed by atoms with Crippen LogP contribution in [-0.2, 0) is 16.6 Å². The highest BCUT2D eigenvalue weighted by Gasteiger charge is 2.46. The van der Waals surface area contributed by atoms with E-state index in [2.05, 4.69) is 5.32 Å². The standard InChI is InChI=1S/C18H23N3O4/c1-20-7-3-6-13(17(20)23)18(24)21-9-12-8-14(15(10-21)25-12)16(22)19-11-4-2-5-11/h3,6-7,11-12,14-15H,2,4-5,8-10H2,1H3,(H,19,22). The van der Waals surface area contributed by atoms with Gasteiger partial charge < -0.3 is 19.5 Å². The Labute approximate surface area is 145 Å². The van der Waals surface area contributed by atoms with E-state index in [9.17, 15) is 14.4 Å². The van der Waals surface area contributed by atoms with Gasteiger partial charge in [0.25, 0.3) is 11.5 Å². The third-order valence-corrected chi connectivity index (χ3v) is 5.59. The first kappa shape index (κ1) is 16.3. The van der Waals surface area contributed by atoms with Gasteiger partial charge in [0.2, 0.25) is 5.91 Å². The van der Waals surface area contributed by atoms with Gasteiger partial charge in [-0.2, -0.15) is 0 Å². The number of pyridine rings is 1. The number of aryl methyl sites for hydroxylation is 1. The summed E-state index contributed by atoms with van der Waals surface area (Å²) in [7, 11) is 1.63. The van der Waals surface area contributed by atoms with Crippen LogP contribution in [0.25, 0.3) is 0 Å². The molecule has 1 saturated carbocycles. The van der Waals surface area contributed by atoms with Crippen LogP contribution in [0.1, 0.15) is 36.0 Å². The van der Waals surface area contributed by atoms with Gasteiger partial charge in [-0.15, -0.1) is 0 Å². The topological polar surface area (TPSA) is 80.6 Å². The van der Waals surface area contributed by atoms with E-state index in [0.29, 0.717) is 25.6 Å². The molecule has 1 aromatic rings. The molecule has 0 radical (unpaired) electrons. The van der Waals surface area contributed by atoms with Crippen molar-refractivity contribution in [1.82, 2.24) is 14.8 Å². The minimum Gasteiger partial charge on any atom is -0.370 e. The lowest BCUT2D eigenvalue weighted by molar-refractivity contribution is -0.129. The molecule has 7 nitrogen and oxygen atoms in total. The summed E-state index contributed by atoms with van der Waals surface area (Å²) < 4.78 is 7.30. The number of carbonyl (C=O) groups is 2. The Morgan fingerprint density at radius 1 is 1.28 bits per heavy atom. The highest BCUT2D eigenvalue weighted by atomic mass is 16.5. The SMILES string of the molecule is Cn1cccc(C(=O)N2CC3CC(C(=O)NC4CCC4)C(C2)O3)c1=O. The van der Waals surface area contributed by atoms with Gasteiger partial charge in [0.1, 0.15) is 5.56 Å². The van der Waals surface area contributed by atoms with Crippen molar-refractivity contribution in [1.29, 1.82) is 0 Å². The Balaban J connectivity index is 1.46. The number of rotatable bonds is 3. The van der Waals surface area contributed by atoms with Gasteiger partial charge >= 0.3 is 0 Å². The summed E-state index contributed by atoms with van der Waals surface area (Å²) in [6.07, 6.45) is 5.13. The van der Waals surface area contributed by atoms with Crippen molar-refractivity contribution in [2.45, 2.75) is 43.9 Å². The van der Waals surface area contributed by atoms with E-state index in [-0.39, 0.29) is 41.1 Å². The van der Waals surface area contributed by atoms with Crippen molar-refractivity contribution in [3.05, 3.63) is 34.2 Å². The van der Waals surface area contributed by atoms with Crippen molar-refractivity contribution in [2.75, 3.05) is 13.1 Å². The molecule has 0 aromatic carbocycles. The van der Waals surface area contributed by atoms with E-state index in [4.69, 9.17) is 4.74 Å². The number of fused-ring (bicyclic) bond motifs is 2. The van der Waals surface area contributed by atoms with Crippen LogP contribution in [-0.4, -0.2) is 52.6 Å². The van der Waals surface area contributed by atoms with Gasteiger partial charge in [-0.3, -0.25) is 14.4 Å². The van der Waals surface area contributed by atoms with Gasteiger partial charge in [-0.05, 0) is 37.8 Å². The van der Waals surface area contributed by atoms with Crippen LogP contribution < -0.4 is 10.9 Å². The normalized spacial score (nSPS) is 28.5. The maximum absolute atomic E-state index is 12.8. The van der Waals surface area contributed by atoms with Crippen LogP contribution in [0.3, 0.4) is 0 Å². The molecule has 134 valence electrons. The largest absolute Gasteiger partial charge is 0.370 e. The fourth-order valence-corrected chi connectivity index (χ4v) is 3.89. The molecule has 2 aliphatic heterocycles. The molecule has 2 bridgehead atoms. The Kier molecular flexibility index (Phi) is 4.11.